The molecular formula is C16H23NO. The molecular weight excluding hydrogens is 222 g/mol. The first-order chi connectivity index (χ1) is 8.76. The Labute approximate surface area is 110 Å². The van der Waals surface area contributed by atoms with Crippen LogP contribution in [0, 0.1) is 0 Å². The lowest BCUT2D eigenvalue weighted by molar-refractivity contribution is 0.0941. The van der Waals surface area contributed by atoms with Crippen LogP contribution in [0.1, 0.15) is 54.6 Å². The van der Waals surface area contributed by atoms with Gasteiger partial charge in [0.1, 0.15) is 0 Å². The number of hydrogen-bond acceptors (Lipinski definition) is 2. The van der Waals surface area contributed by atoms with Gasteiger partial charge in [0.25, 0.3) is 0 Å². The first-order valence-corrected chi connectivity index (χ1v) is 7.15. The Morgan fingerprint density at radius 1 is 1.22 bits per heavy atom. The number of likely N-dealkylation sites (N-methyl/N-ethyl adjacent to an activating group) is 1. The highest BCUT2D eigenvalue weighted by molar-refractivity contribution is 6.00. The predicted molar refractivity (Wildman–Crippen MR) is 75.2 cm³/mol. The topological polar surface area (TPSA) is 29.1 Å². The van der Waals surface area contributed by atoms with E-state index in [9.17, 15) is 4.79 Å². The average Bonchev–Trinajstić information content (AvgIpc) is 2.43. The van der Waals surface area contributed by atoms with E-state index in [0.29, 0.717) is 0 Å². The van der Waals surface area contributed by atoms with Crippen molar-refractivity contribution in [1.29, 1.82) is 0 Å². The summed E-state index contributed by atoms with van der Waals surface area (Å²) < 4.78 is 0. The fourth-order valence-corrected chi connectivity index (χ4v) is 2.76. The number of ketones is 1. The van der Waals surface area contributed by atoms with Crippen molar-refractivity contribution < 1.29 is 4.79 Å². The molecule has 0 bridgehead atoms. The quantitative estimate of drug-likeness (QED) is 0.807. The van der Waals surface area contributed by atoms with Crippen molar-refractivity contribution in [3.05, 3.63) is 34.9 Å². The van der Waals surface area contributed by atoms with Crippen molar-refractivity contribution >= 4 is 5.78 Å². The molecule has 0 radical (unpaired) electrons. The van der Waals surface area contributed by atoms with Gasteiger partial charge >= 0.3 is 0 Å². The Morgan fingerprint density at radius 3 is 2.61 bits per heavy atom. The molecule has 0 aromatic heterocycles. The van der Waals surface area contributed by atoms with Gasteiger partial charge in [-0.2, -0.15) is 0 Å². The molecule has 0 heterocycles. The van der Waals surface area contributed by atoms with E-state index in [1.165, 1.54) is 30.4 Å². The van der Waals surface area contributed by atoms with Gasteiger partial charge in [-0.15, -0.1) is 0 Å². The zero-order chi connectivity index (χ0) is 13.0. The summed E-state index contributed by atoms with van der Waals surface area (Å²) in [5, 5.41) is 3.26. The summed E-state index contributed by atoms with van der Waals surface area (Å²) in [6, 6.07) is 6.25. The standard InChI is InChI=1S/C16H23NO/c1-3-15(17-4-2)16(18)14-10-9-12-7-5-6-8-13(12)11-14/h9-11,15,17H,3-8H2,1-2H3. The maximum absolute atomic E-state index is 12.4. The van der Waals surface area contributed by atoms with E-state index in [4.69, 9.17) is 0 Å². The van der Waals surface area contributed by atoms with Gasteiger partial charge in [0.15, 0.2) is 5.78 Å². The van der Waals surface area contributed by atoms with E-state index in [0.717, 1.165) is 24.9 Å². The van der Waals surface area contributed by atoms with Crippen LogP contribution in [0.15, 0.2) is 18.2 Å². The third-order valence-electron chi connectivity index (χ3n) is 3.81. The smallest absolute Gasteiger partial charge is 0.179 e. The second-order valence-electron chi connectivity index (χ2n) is 5.07. The molecule has 0 spiro atoms. The second kappa shape index (κ2) is 6.14. The van der Waals surface area contributed by atoms with Gasteiger partial charge in [-0.3, -0.25) is 4.79 Å². The van der Waals surface area contributed by atoms with Crippen molar-refractivity contribution in [2.45, 2.75) is 52.0 Å². The summed E-state index contributed by atoms with van der Waals surface area (Å²) in [5.41, 5.74) is 3.70. The summed E-state index contributed by atoms with van der Waals surface area (Å²) in [7, 11) is 0. The SMILES string of the molecule is CCNC(CC)C(=O)c1ccc2c(c1)CCCC2. The largest absolute Gasteiger partial charge is 0.307 e. The summed E-state index contributed by atoms with van der Waals surface area (Å²) in [6.07, 6.45) is 5.71. The van der Waals surface area contributed by atoms with E-state index in [1.807, 2.05) is 13.0 Å². The number of hydrogen-bond donors (Lipinski definition) is 1. The monoisotopic (exact) mass is 245 g/mol. The molecule has 2 nitrogen and oxygen atoms in total. The lowest BCUT2D eigenvalue weighted by Gasteiger charge is -2.18. The molecule has 0 aliphatic heterocycles. The molecule has 0 saturated heterocycles. The van der Waals surface area contributed by atoms with E-state index in [1.54, 1.807) is 0 Å². The molecule has 1 aromatic rings. The number of aryl methyl sites for hydroxylation is 2. The maximum atomic E-state index is 12.4. The Hall–Kier alpha value is -1.15. The van der Waals surface area contributed by atoms with Gasteiger partial charge in [0.2, 0.25) is 0 Å². The molecule has 2 heteroatoms. The summed E-state index contributed by atoms with van der Waals surface area (Å²) in [5.74, 6) is 0.243. The van der Waals surface area contributed by atoms with Crippen LogP contribution in [0.25, 0.3) is 0 Å². The van der Waals surface area contributed by atoms with Crippen molar-refractivity contribution in [3.8, 4) is 0 Å². The van der Waals surface area contributed by atoms with Crippen LogP contribution in [-0.2, 0) is 12.8 Å². The van der Waals surface area contributed by atoms with Gasteiger partial charge in [-0.1, -0.05) is 26.0 Å². The predicted octanol–water partition coefficient (Wildman–Crippen LogP) is 3.14. The molecule has 0 amide bonds. The minimum Gasteiger partial charge on any atom is -0.307 e. The Morgan fingerprint density at radius 2 is 1.94 bits per heavy atom. The number of carbonyl (C=O) groups excluding carboxylic acids is 1. The molecule has 1 N–H and O–H groups in total. The molecule has 1 aliphatic rings. The number of fused-ring (bicyclic) bond motifs is 1. The molecule has 1 unspecified atom stereocenters. The molecule has 2 rings (SSSR count). The van der Waals surface area contributed by atoms with Crippen LogP contribution < -0.4 is 5.32 Å². The fourth-order valence-electron chi connectivity index (χ4n) is 2.76. The van der Waals surface area contributed by atoms with Crippen LogP contribution in [0.3, 0.4) is 0 Å². The number of rotatable bonds is 5. The molecule has 98 valence electrons. The Kier molecular flexibility index (Phi) is 4.54. The third kappa shape index (κ3) is 2.81. The number of carbonyl (C=O) groups is 1. The zero-order valence-electron chi connectivity index (χ0n) is 11.5. The molecule has 1 aromatic carbocycles. The summed E-state index contributed by atoms with van der Waals surface area (Å²) in [4.78, 5) is 12.4. The van der Waals surface area contributed by atoms with Gasteiger partial charge in [0.05, 0.1) is 6.04 Å². The highest BCUT2D eigenvalue weighted by atomic mass is 16.1. The molecule has 0 saturated carbocycles. The normalized spacial score (nSPS) is 16.1. The van der Waals surface area contributed by atoms with E-state index in [2.05, 4.69) is 24.4 Å². The van der Waals surface area contributed by atoms with Crippen LogP contribution in [-0.4, -0.2) is 18.4 Å². The Balaban J connectivity index is 2.19. The van der Waals surface area contributed by atoms with Gasteiger partial charge < -0.3 is 5.32 Å². The maximum Gasteiger partial charge on any atom is 0.179 e. The number of Topliss-reactive ketones (excluding diaryl/α,β-unsaturated/α-hetero) is 1. The molecule has 0 fully saturated rings. The van der Waals surface area contributed by atoms with E-state index in [-0.39, 0.29) is 11.8 Å². The number of nitrogens with one attached hydrogen (secondary N) is 1. The summed E-state index contributed by atoms with van der Waals surface area (Å²) in [6.45, 7) is 4.95. The first-order valence-electron chi connectivity index (χ1n) is 7.15. The Bertz CT molecular complexity index is 425. The lowest BCUT2D eigenvalue weighted by atomic mass is 9.89. The van der Waals surface area contributed by atoms with Crippen LogP contribution in [0.4, 0.5) is 0 Å². The zero-order valence-corrected chi connectivity index (χ0v) is 11.5. The van der Waals surface area contributed by atoms with Crippen molar-refractivity contribution in [3.63, 3.8) is 0 Å². The second-order valence-corrected chi connectivity index (χ2v) is 5.07. The molecule has 18 heavy (non-hydrogen) atoms. The van der Waals surface area contributed by atoms with Crippen molar-refractivity contribution in [2.24, 2.45) is 0 Å². The third-order valence-corrected chi connectivity index (χ3v) is 3.81. The van der Waals surface area contributed by atoms with Crippen LogP contribution in [0.5, 0.6) is 0 Å². The lowest BCUT2D eigenvalue weighted by Crippen LogP contribution is -2.36. The number of benzene rings is 1. The minimum atomic E-state index is -0.0309. The average molecular weight is 245 g/mol. The van der Waals surface area contributed by atoms with Gasteiger partial charge in [0, 0.05) is 5.56 Å². The van der Waals surface area contributed by atoms with Crippen molar-refractivity contribution in [1.82, 2.24) is 5.32 Å². The van der Waals surface area contributed by atoms with Crippen LogP contribution in [0.2, 0.25) is 0 Å². The van der Waals surface area contributed by atoms with Gasteiger partial charge in [-0.25, -0.2) is 0 Å². The van der Waals surface area contributed by atoms with Crippen LogP contribution >= 0.6 is 0 Å². The highest BCUT2D eigenvalue weighted by Crippen LogP contribution is 2.23. The molecule has 1 aliphatic carbocycles. The first kappa shape index (κ1) is 13.3. The van der Waals surface area contributed by atoms with Crippen molar-refractivity contribution in [2.75, 3.05) is 6.54 Å². The minimum absolute atomic E-state index is 0.0309. The fraction of sp³-hybridized carbons (Fsp3) is 0.562. The van der Waals surface area contributed by atoms with E-state index >= 15 is 0 Å². The molecule has 1 atom stereocenters. The van der Waals surface area contributed by atoms with E-state index < -0.39 is 0 Å². The highest BCUT2D eigenvalue weighted by Gasteiger charge is 2.18. The van der Waals surface area contributed by atoms with Gasteiger partial charge in [-0.05, 0) is 55.8 Å². The summed E-state index contributed by atoms with van der Waals surface area (Å²) >= 11 is 0.